The topological polar surface area (TPSA) is 66.8 Å². The van der Waals surface area contributed by atoms with Crippen molar-refractivity contribution >= 4 is 27.8 Å². The molecule has 5 nitrogen and oxygen atoms in total. The third-order valence-corrected chi connectivity index (χ3v) is 3.98. The zero-order chi connectivity index (χ0) is 16.1. The lowest BCUT2D eigenvalue weighted by atomic mass is 10.1. The van der Waals surface area contributed by atoms with Gasteiger partial charge in [0.05, 0.1) is 18.1 Å². The minimum atomic E-state index is -1.00. The highest BCUT2D eigenvalue weighted by molar-refractivity contribution is 9.10. The molecule has 0 bridgehead atoms. The molecule has 0 saturated carbocycles. The molecule has 1 atom stereocenters. The largest absolute Gasteiger partial charge is 0.481 e. The third kappa shape index (κ3) is 4.51. The summed E-state index contributed by atoms with van der Waals surface area (Å²) in [5.41, 5.74) is -0.0715. The van der Waals surface area contributed by atoms with E-state index >= 15 is 0 Å². The van der Waals surface area contributed by atoms with Crippen LogP contribution in [0.2, 0.25) is 0 Å². The molecule has 120 valence electrons. The van der Waals surface area contributed by atoms with E-state index in [0.717, 1.165) is 12.8 Å². The summed E-state index contributed by atoms with van der Waals surface area (Å²) < 4.78 is 20.0. The van der Waals surface area contributed by atoms with Crippen molar-refractivity contribution in [1.29, 1.82) is 0 Å². The van der Waals surface area contributed by atoms with Crippen molar-refractivity contribution in [2.75, 3.05) is 19.7 Å². The Hall–Kier alpha value is -1.47. The minimum absolute atomic E-state index is 0.0278. The monoisotopic (exact) mass is 373 g/mol. The molecular weight excluding hydrogens is 357 g/mol. The van der Waals surface area contributed by atoms with Crippen LogP contribution in [0.4, 0.5) is 4.39 Å². The van der Waals surface area contributed by atoms with Crippen molar-refractivity contribution in [1.82, 2.24) is 4.90 Å². The Balaban J connectivity index is 2.16. The van der Waals surface area contributed by atoms with Gasteiger partial charge in [0.15, 0.2) is 0 Å². The third-order valence-electron chi connectivity index (χ3n) is 3.49. The van der Waals surface area contributed by atoms with Gasteiger partial charge in [-0.05, 0) is 31.0 Å². The van der Waals surface area contributed by atoms with Crippen LogP contribution >= 0.6 is 15.9 Å². The minimum Gasteiger partial charge on any atom is -0.481 e. The molecule has 0 aromatic heterocycles. The van der Waals surface area contributed by atoms with Gasteiger partial charge in [-0.15, -0.1) is 0 Å². The summed E-state index contributed by atoms with van der Waals surface area (Å²) in [7, 11) is 0. The quantitative estimate of drug-likeness (QED) is 0.832. The molecule has 1 aromatic carbocycles. The zero-order valence-electron chi connectivity index (χ0n) is 11.9. The summed E-state index contributed by atoms with van der Waals surface area (Å²) in [6, 6.07) is 4.12. The van der Waals surface area contributed by atoms with Gasteiger partial charge in [0.2, 0.25) is 0 Å². The summed E-state index contributed by atoms with van der Waals surface area (Å²) in [6.07, 6.45) is 1.43. The lowest BCUT2D eigenvalue weighted by Gasteiger charge is -2.25. The summed E-state index contributed by atoms with van der Waals surface area (Å²) in [5.74, 6) is -2.14. The second kappa shape index (κ2) is 7.69. The molecule has 0 unspecified atom stereocenters. The maximum atomic E-state index is 13.9. The van der Waals surface area contributed by atoms with Crippen LogP contribution in [0.25, 0.3) is 0 Å². The van der Waals surface area contributed by atoms with E-state index in [9.17, 15) is 14.0 Å². The highest BCUT2D eigenvalue weighted by atomic mass is 79.9. The Labute approximate surface area is 136 Å². The number of carboxylic acid groups (broad SMARTS) is 1. The van der Waals surface area contributed by atoms with Gasteiger partial charge >= 0.3 is 5.97 Å². The van der Waals surface area contributed by atoms with Crippen LogP contribution in [0.15, 0.2) is 22.7 Å². The fourth-order valence-electron chi connectivity index (χ4n) is 2.37. The fourth-order valence-corrected chi connectivity index (χ4v) is 2.73. The van der Waals surface area contributed by atoms with Crippen LogP contribution in [0, 0.1) is 5.82 Å². The van der Waals surface area contributed by atoms with E-state index in [1.54, 1.807) is 0 Å². The average molecular weight is 374 g/mol. The SMILES string of the molecule is O=C(O)CCN(C[C@@H]1CCCO1)C(=O)c1cc(Br)ccc1F. The van der Waals surface area contributed by atoms with E-state index in [0.29, 0.717) is 11.1 Å². The number of halogens is 2. The maximum Gasteiger partial charge on any atom is 0.305 e. The Morgan fingerprint density at radius 3 is 2.86 bits per heavy atom. The van der Waals surface area contributed by atoms with Gasteiger partial charge in [0.25, 0.3) is 5.91 Å². The average Bonchev–Trinajstić information content (AvgIpc) is 2.98. The Morgan fingerprint density at radius 1 is 1.45 bits per heavy atom. The Kier molecular flexibility index (Phi) is 5.90. The van der Waals surface area contributed by atoms with Crippen molar-refractivity contribution in [3.8, 4) is 0 Å². The summed E-state index contributed by atoms with van der Waals surface area (Å²) in [5, 5.41) is 8.82. The summed E-state index contributed by atoms with van der Waals surface area (Å²) in [6.45, 7) is 0.939. The summed E-state index contributed by atoms with van der Waals surface area (Å²) >= 11 is 3.21. The molecule has 1 fully saturated rings. The number of carbonyl (C=O) groups is 2. The van der Waals surface area contributed by atoms with Gasteiger partial charge in [0.1, 0.15) is 5.82 Å². The number of hydrogen-bond donors (Lipinski definition) is 1. The molecule has 1 aliphatic heterocycles. The van der Waals surface area contributed by atoms with Crippen molar-refractivity contribution in [2.45, 2.75) is 25.4 Å². The predicted molar refractivity (Wildman–Crippen MR) is 81.2 cm³/mol. The van der Waals surface area contributed by atoms with Crippen LogP contribution in [0.3, 0.4) is 0 Å². The number of hydrogen-bond acceptors (Lipinski definition) is 3. The van der Waals surface area contributed by atoms with Gasteiger partial charge in [0, 0.05) is 24.2 Å². The number of benzene rings is 1. The second-order valence-corrected chi connectivity index (χ2v) is 6.07. The lowest BCUT2D eigenvalue weighted by Crippen LogP contribution is -2.39. The van der Waals surface area contributed by atoms with Crippen molar-refractivity contribution in [3.63, 3.8) is 0 Å². The van der Waals surface area contributed by atoms with Gasteiger partial charge in [-0.3, -0.25) is 9.59 Å². The van der Waals surface area contributed by atoms with Crippen molar-refractivity contribution in [3.05, 3.63) is 34.1 Å². The van der Waals surface area contributed by atoms with Crippen molar-refractivity contribution in [2.24, 2.45) is 0 Å². The van der Waals surface area contributed by atoms with Gasteiger partial charge < -0.3 is 14.7 Å². The molecule has 1 aliphatic rings. The number of ether oxygens (including phenoxy) is 1. The number of rotatable bonds is 6. The number of aliphatic carboxylic acids is 1. The van der Waals surface area contributed by atoms with Crippen LogP contribution < -0.4 is 0 Å². The molecule has 0 spiro atoms. The smallest absolute Gasteiger partial charge is 0.305 e. The van der Waals surface area contributed by atoms with E-state index in [1.807, 2.05) is 0 Å². The molecule has 0 aliphatic carbocycles. The molecule has 1 saturated heterocycles. The van der Waals surface area contributed by atoms with Gasteiger partial charge in [-0.1, -0.05) is 15.9 Å². The van der Waals surface area contributed by atoms with Gasteiger partial charge in [-0.2, -0.15) is 0 Å². The first-order valence-corrected chi connectivity index (χ1v) is 7.84. The molecule has 1 amide bonds. The van der Waals surface area contributed by atoms with Crippen LogP contribution in [-0.2, 0) is 9.53 Å². The molecular formula is C15H17BrFNO4. The number of carbonyl (C=O) groups excluding carboxylic acids is 1. The van der Waals surface area contributed by atoms with Crippen LogP contribution in [-0.4, -0.2) is 47.7 Å². The fraction of sp³-hybridized carbons (Fsp3) is 0.467. The molecule has 22 heavy (non-hydrogen) atoms. The molecule has 1 N–H and O–H groups in total. The van der Waals surface area contributed by atoms with Crippen LogP contribution in [0.1, 0.15) is 29.6 Å². The maximum absolute atomic E-state index is 13.9. The molecule has 1 heterocycles. The first kappa shape index (κ1) is 16.9. The first-order chi connectivity index (χ1) is 10.5. The molecule has 2 rings (SSSR count). The standard InChI is InChI=1S/C15H17BrFNO4/c16-10-3-4-13(17)12(8-10)15(21)18(6-5-14(19)20)9-11-2-1-7-22-11/h3-4,8,11H,1-2,5-7,9H2,(H,19,20)/t11-/m0/s1. The number of carboxylic acids is 1. The van der Waals surface area contributed by atoms with Gasteiger partial charge in [-0.25, -0.2) is 4.39 Å². The lowest BCUT2D eigenvalue weighted by molar-refractivity contribution is -0.137. The second-order valence-electron chi connectivity index (χ2n) is 5.15. The molecule has 7 heteroatoms. The van der Waals surface area contributed by atoms with E-state index < -0.39 is 17.7 Å². The Bertz CT molecular complexity index is 560. The van der Waals surface area contributed by atoms with E-state index in [4.69, 9.17) is 9.84 Å². The van der Waals surface area contributed by atoms with Crippen LogP contribution in [0.5, 0.6) is 0 Å². The summed E-state index contributed by atoms with van der Waals surface area (Å²) in [4.78, 5) is 24.7. The Morgan fingerprint density at radius 2 is 2.23 bits per heavy atom. The molecule has 0 radical (unpaired) electrons. The predicted octanol–water partition coefficient (Wildman–Crippen LogP) is 2.68. The number of amides is 1. The highest BCUT2D eigenvalue weighted by Crippen LogP contribution is 2.19. The van der Waals surface area contributed by atoms with Crippen molar-refractivity contribution < 1.29 is 23.8 Å². The van der Waals surface area contributed by atoms with E-state index in [2.05, 4.69) is 15.9 Å². The highest BCUT2D eigenvalue weighted by Gasteiger charge is 2.25. The van der Waals surface area contributed by atoms with E-state index in [1.165, 1.54) is 23.1 Å². The zero-order valence-corrected chi connectivity index (χ0v) is 13.5. The number of nitrogens with zero attached hydrogens (tertiary/aromatic N) is 1. The molecule has 1 aromatic rings. The first-order valence-electron chi connectivity index (χ1n) is 7.05. The normalized spacial score (nSPS) is 17.5. The van der Waals surface area contributed by atoms with E-state index in [-0.39, 0.29) is 31.2 Å².